The predicted octanol–water partition coefficient (Wildman–Crippen LogP) is 3.12. The van der Waals surface area contributed by atoms with E-state index < -0.39 is 0 Å². The van der Waals surface area contributed by atoms with Gasteiger partial charge in [-0.1, -0.05) is 31.2 Å². The Bertz CT molecular complexity index is 572. The van der Waals surface area contributed by atoms with Crippen LogP contribution in [0.4, 0.5) is 0 Å². The summed E-state index contributed by atoms with van der Waals surface area (Å²) >= 11 is 0. The number of carbonyl (C=O) groups excluding carboxylic acids is 2. The standard InChI is InChI=1S/C16H16O2/c1-16-8-9(16)6-7-12-13(16)15(18)11-5-3-2-4-10(11)14(12)17/h2-5,9,12-13H,6-8H2,1H3. The normalized spacial score (nSPS) is 40.8. The van der Waals surface area contributed by atoms with Gasteiger partial charge in [0.05, 0.1) is 0 Å². The highest BCUT2D eigenvalue weighted by Gasteiger charge is 2.64. The summed E-state index contributed by atoms with van der Waals surface area (Å²) in [5.41, 5.74) is 1.44. The number of benzene rings is 1. The van der Waals surface area contributed by atoms with Gasteiger partial charge in [0.1, 0.15) is 0 Å². The van der Waals surface area contributed by atoms with Crippen LogP contribution in [0.2, 0.25) is 0 Å². The molecule has 3 aliphatic rings. The molecule has 0 saturated heterocycles. The summed E-state index contributed by atoms with van der Waals surface area (Å²) in [6.07, 6.45) is 3.16. The molecular formula is C16H16O2. The summed E-state index contributed by atoms with van der Waals surface area (Å²) in [6.45, 7) is 2.20. The lowest BCUT2D eigenvalue weighted by molar-refractivity contribution is 0.0570. The van der Waals surface area contributed by atoms with Gasteiger partial charge in [-0.3, -0.25) is 9.59 Å². The fourth-order valence-electron chi connectivity index (χ4n) is 4.34. The average molecular weight is 240 g/mol. The van der Waals surface area contributed by atoms with Gasteiger partial charge >= 0.3 is 0 Å². The van der Waals surface area contributed by atoms with Crippen LogP contribution < -0.4 is 0 Å². The summed E-state index contributed by atoms with van der Waals surface area (Å²) in [6, 6.07) is 7.35. The van der Waals surface area contributed by atoms with Crippen LogP contribution in [0.15, 0.2) is 24.3 Å². The third kappa shape index (κ3) is 1.09. The molecule has 0 bridgehead atoms. The lowest BCUT2D eigenvalue weighted by atomic mass is 9.62. The Morgan fingerprint density at radius 3 is 2.44 bits per heavy atom. The van der Waals surface area contributed by atoms with E-state index in [4.69, 9.17) is 0 Å². The SMILES string of the molecule is CC12CC1CCC1C(=O)c3ccccc3C(=O)C12. The molecule has 1 aromatic carbocycles. The van der Waals surface area contributed by atoms with Crippen LogP contribution in [-0.4, -0.2) is 11.6 Å². The number of hydrogen-bond acceptors (Lipinski definition) is 2. The number of hydrogen-bond donors (Lipinski definition) is 0. The topological polar surface area (TPSA) is 34.1 Å². The van der Waals surface area contributed by atoms with Crippen molar-refractivity contribution in [2.75, 3.05) is 0 Å². The van der Waals surface area contributed by atoms with E-state index in [0.717, 1.165) is 19.3 Å². The Labute approximate surface area is 106 Å². The Balaban J connectivity index is 1.90. The van der Waals surface area contributed by atoms with Gasteiger partial charge in [-0.2, -0.15) is 0 Å². The van der Waals surface area contributed by atoms with Crippen molar-refractivity contribution in [3.63, 3.8) is 0 Å². The van der Waals surface area contributed by atoms with Crippen molar-refractivity contribution in [3.8, 4) is 0 Å². The van der Waals surface area contributed by atoms with E-state index >= 15 is 0 Å². The Kier molecular flexibility index (Phi) is 1.81. The van der Waals surface area contributed by atoms with E-state index in [-0.39, 0.29) is 28.8 Å². The number of rotatable bonds is 0. The van der Waals surface area contributed by atoms with Crippen molar-refractivity contribution in [2.45, 2.75) is 26.2 Å². The first kappa shape index (κ1) is 10.5. The molecule has 4 atom stereocenters. The molecule has 0 heterocycles. The zero-order valence-electron chi connectivity index (χ0n) is 10.5. The van der Waals surface area contributed by atoms with Crippen molar-refractivity contribution in [1.29, 1.82) is 0 Å². The molecule has 0 aliphatic heterocycles. The van der Waals surface area contributed by atoms with Crippen LogP contribution in [0.25, 0.3) is 0 Å². The highest BCUT2D eigenvalue weighted by molar-refractivity contribution is 6.16. The zero-order valence-corrected chi connectivity index (χ0v) is 10.5. The molecule has 4 unspecified atom stereocenters. The van der Waals surface area contributed by atoms with Gasteiger partial charge in [0, 0.05) is 23.0 Å². The lowest BCUT2D eigenvalue weighted by Crippen LogP contribution is -2.43. The van der Waals surface area contributed by atoms with Crippen LogP contribution >= 0.6 is 0 Å². The second-order valence-corrected chi connectivity index (χ2v) is 6.34. The molecule has 92 valence electrons. The maximum atomic E-state index is 12.7. The molecule has 4 rings (SSSR count). The fourth-order valence-corrected chi connectivity index (χ4v) is 4.34. The van der Waals surface area contributed by atoms with Crippen molar-refractivity contribution >= 4 is 11.6 Å². The minimum atomic E-state index is -0.0452. The molecule has 0 spiro atoms. The molecule has 2 nitrogen and oxygen atoms in total. The quantitative estimate of drug-likeness (QED) is 0.698. The van der Waals surface area contributed by atoms with Gasteiger partial charge in [0.15, 0.2) is 11.6 Å². The Morgan fingerprint density at radius 2 is 1.72 bits per heavy atom. The minimum Gasteiger partial charge on any atom is -0.294 e. The number of ketones is 2. The van der Waals surface area contributed by atoms with Crippen LogP contribution in [0.1, 0.15) is 46.9 Å². The molecule has 2 fully saturated rings. The van der Waals surface area contributed by atoms with E-state index in [2.05, 4.69) is 6.92 Å². The van der Waals surface area contributed by atoms with Crippen LogP contribution in [0, 0.1) is 23.2 Å². The summed E-state index contributed by atoms with van der Waals surface area (Å²) in [7, 11) is 0. The van der Waals surface area contributed by atoms with E-state index in [1.165, 1.54) is 0 Å². The number of Topliss-reactive ketones (excluding diaryl/α,β-unsaturated/α-hetero) is 2. The molecule has 2 saturated carbocycles. The highest BCUT2D eigenvalue weighted by Crippen LogP contribution is 2.67. The number of carbonyl (C=O) groups is 2. The monoisotopic (exact) mass is 240 g/mol. The first-order valence-electron chi connectivity index (χ1n) is 6.80. The summed E-state index contributed by atoms with van der Waals surface area (Å²) in [5.74, 6) is 1.03. The zero-order chi connectivity index (χ0) is 12.5. The molecule has 3 aliphatic carbocycles. The molecule has 1 aromatic rings. The largest absolute Gasteiger partial charge is 0.294 e. The van der Waals surface area contributed by atoms with Crippen LogP contribution in [0.5, 0.6) is 0 Å². The maximum absolute atomic E-state index is 12.7. The van der Waals surface area contributed by atoms with Gasteiger partial charge in [-0.25, -0.2) is 0 Å². The van der Waals surface area contributed by atoms with E-state index in [1.54, 1.807) is 0 Å². The van der Waals surface area contributed by atoms with E-state index in [9.17, 15) is 9.59 Å². The second-order valence-electron chi connectivity index (χ2n) is 6.34. The second kappa shape index (κ2) is 3.11. The maximum Gasteiger partial charge on any atom is 0.167 e. The first-order valence-corrected chi connectivity index (χ1v) is 6.80. The Hall–Kier alpha value is -1.44. The van der Waals surface area contributed by atoms with Crippen molar-refractivity contribution in [2.24, 2.45) is 23.2 Å². The molecule has 0 aromatic heterocycles. The summed E-state index contributed by atoms with van der Waals surface area (Å²) < 4.78 is 0. The third-order valence-corrected chi connectivity index (χ3v) is 5.47. The molecule has 18 heavy (non-hydrogen) atoms. The minimum absolute atomic E-state index is 0.0429. The van der Waals surface area contributed by atoms with Crippen molar-refractivity contribution in [3.05, 3.63) is 35.4 Å². The third-order valence-electron chi connectivity index (χ3n) is 5.47. The highest BCUT2D eigenvalue weighted by atomic mass is 16.1. The van der Waals surface area contributed by atoms with Crippen molar-refractivity contribution in [1.82, 2.24) is 0 Å². The summed E-state index contributed by atoms with van der Waals surface area (Å²) in [4.78, 5) is 25.2. The molecule has 0 N–H and O–H groups in total. The van der Waals surface area contributed by atoms with Gasteiger partial charge < -0.3 is 0 Å². The molecule has 0 amide bonds. The number of fused-ring (bicyclic) bond motifs is 4. The molecule has 2 heteroatoms. The predicted molar refractivity (Wildman–Crippen MR) is 67.5 cm³/mol. The van der Waals surface area contributed by atoms with Gasteiger partial charge in [-0.05, 0) is 30.6 Å². The van der Waals surface area contributed by atoms with Gasteiger partial charge in [-0.15, -0.1) is 0 Å². The van der Waals surface area contributed by atoms with Crippen molar-refractivity contribution < 1.29 is 9.59 Å². The summed E-state index contributed by atoms with van der Waals surface area (Å²) in [5, 5.41) is 0. The van der Waals surface area contributed by atoms with Crippen LogP contribution in [0.3, 0.4) is 0 Å². The lowest BCUT2D eigenvalue weighted by Gasteiger charge is -2.38. The van der Waals surface area contributed by atoms with E-state index in [1.807, 2.05) is 24.3 Å². The Morgan fingerprint density at radius 1 is 1.06 bits per heavy atom. The van der Waals surface area contributed by atoms with Crippen LogP contribution in [-0.2, 0) is 0 Å². The molecule has 0 radical (unpaired) electrons. The first-order chi connectivity index (χ1) is 8.63. The molecular weight excluding hydrogens is 224 g/mol. The fraction of sp³-hybridized carbons (Fsp3) is 0.500. The van der Waals surface area contributed by atoms with Gasteiger partial charge in [0.25, 0.3) is 0 Å². The smallest absolute Gasteiger partial charge is 0.167 e. The average Bonchev–Trinajstić information content (AvgIpc) is 3.06. The van der Waals surface area contributed by atoms with E-state index in [0.29, 0.717) is 17.0 Å². The van der Waals surface area contributed by atoms with Gasteiger partial charge in [0.2, 0.25) is 0 Å².